The molecule has 0 N–H and O–H groups in total. The highest BCUT2D eigenvalue weighted by Crippen LogP contribution is 2.43. The van der Waals surface area contributed by atoms with Crippen LogP contribution < -0.4 is 4.74 Å². The van der Waals surface area contributed by atoms with Crippen molar-refractivity contribution in [2.45, 2.75) is 31.9 Å². The summed E-state index contributed by atoms with van der Waals surface area (Å²) in [4.78, 5) is 0. The van der Waals surface area contributed by atoms with E-state index in [0.717, 1.165) is 5.56 Å². The van der Waals surface area contributed by atoms with E-state index >= 15 is 0 Å². The van der Waals surface area contributed by atoms with Crippen LogP contribution in [-0.2, 0) is 10.0 Å². The first-order valence-electron chi connectivity index (χ1n) is 6.30. The molecule has 1 heterocycles. The first-order valence-corrected chi connectivity index (χ1v) is 8.15. The molecule has 1 atom stereocenters. The monoisotopic (exact) mass is 294 g/mol. The molecule has 0 saturated heterocycles. The predicted molar refractivity (Wildman–Crippen MR) is 75.8 cm³/mol. The number of rotatable bonds is 2. The number of benzene rings is 1. The van der Waals surface area contributed by atoms with Gasteiger partial charge in [-0.3, -0.25) is 0 Å². The fraction of sp³-hybridized carbons (Fsp3) is 0.500. The highest BCUT2D eigenvalue weighted by molar-refractivity contribution is 7.88. The molecule has 108 valence electrons. The molecule has 0 amide bonds. The molecule has 0 bridgehead atoms. The maximum absolute atomic E-state index is 11.8. The van der Waals surface area contributed by atoms with Crippen molar-refractivity contribution in [2.75, 3.05) is 13.3 Å². The quantitative estimate of drug-likeness (QED) is 0.837. The molecule has 1 aromatic carbocycles. The van der Waals surface area contributed by atoms with Gasteiger partial charge in [0, 0.05) is 19.0 Å². The van der Waals surface area contributed by atoms with Gasteiger partial charge in [-0.25, -0.2) is 8.42 Å². The zero-order valence-corrected chi connectivity index (χ0v) is 12.9. The molecule has 2 rings (SSSR count). The van der Waals surface area contributed by atoms with Crippen LogP contribution in [0.2, 0.25) is 0 Å². The van der Waals surface area contributed by atoms with Crippen LogP contribution in [0.15, 0.2) is 18.2 Å². The maximum atomic E-state index is 11.8. The fourth-order valence-corrected chi connectivity index (χ4v) is 3.09. The Bertz CT molecular complexity index is 674. The number of sulfonamides is 1. The van der Waals surface area contributed by atoms with E-state index in [1.807, 2.05) is 13.8 Å². The summed E-state index contributed by atoms with van der Waals surface area (Å²) in [6, 6.07) is 6.87. The molecular formula is C14H18N2O3S. The molecular weight excluding hydrogens is 276 g/mol. The summed E-state index contributed by atoms with van der Waals surface area (Å²) in [5.41, 5.74) is 0.792. The van der Waals surface area contributed by atoms with Crippen molar-refractivity contribution >= 4 is 10.0 Å². The van der Waals surface area contributed by atoms with E-state index in [1.165, 1.54) is 10.6 Å². The SMILES string of the molecule is CN(C1CC(C)(C)Oc2ccc(C#N)cc21)S(C)(=O)=O. The molecule has 5 nitrogen and oxygen atoms in total. The number of fused-ring (bicyclic) bond motifs is 1. The van der Waals surface area contributed by atoms with Crippen LogP contribution in [0.5, 0.6) is 5.75 Å². The van der Waals surface area contributed by atoms with Crippen LogP contribution in [0.1, 0.15) is 37.4 Å². The van der Waals surface area contributed by atoms with E-state index in [1.54, 1.807) is 25.2 Å². The Kier molecular flexibility index (Phi) is 3.53. The minimum absolute atomic E-state index is 0.322. The second-order valence-electron chi connectivity index (χ2n) is 5.73. The number of ether oxygens (including phenoxy) is 1. The van der Waals surface area contributed by atoms with E-state index < -0.39 is 15.6 Å². The number of hydrogen-bond donors (Lipinski definition) is 0. The summed E-state index contributed by atoms with van der Waals surface area (Å²) in [6.45, 7) is 3.86. The van der Waals surface area contributed by atoms with Crippen LogP contribution in [0.25, 0.3) is 0 Å². The third-order valence-corrected chi connectivity index (χ3v) is 4.83. The van der Waals surface area contributed by atoms with E-state index in [9.17, 15) is 8.42 Å². The molecule has 20 heavy (non-hydrogen) atoms. The van der Waals surface area contributed by atoms with Gasteiger partial charge in [0.25, 0.3) is 0 Å². The van der Waals surface area contributed by atoms with Gasteiger partial charge < -0.3 is 4.74 Å². The van der Waals surface area contributed by atoms with Gasteiger partial charge in [-0.05, 0) is 32.0 Å². The van der Waals surface area contributed by atoms with E-state index in [4.69, 9.17) is 10.00 Å². The first kappa shape index (κ1) is 14.8. The Hall–Kier alpha value is -1.58. The minimum atomic E-state index is -3.32. The van der Waals surface area contributed by atoms with Crippen molar-refractivity contribution in [1.29, 1.82) is 5.26 Å². The molecule has 1 unspecified atom stereocenters. The second kappa shape index (κ2) is 4.76. The average molecular weight is 294 g/mol. The van der Waals surface area contributed by atoms with Gasteiger partial charge in [-0.15, -0.1) is 0 Å². The third-order valence-electron chi connectivity index (χ3n) is 3.53. The van der Waals surface area contributed by atoms with Crippen molar-refractivity contribution in [1.82, 2.24) is 4.31 Å². The standard InChI is InChI=1S/C14H18N2O3S/c1-14(2)8-12(16(3)20(4,17)18)11-7-10(9-15)5-6-13(11)19-14/h5-7,12H,8H2,1-4H3. The summed E-state index contributed by atoms with van der Waals surface area (Å²) in [5, 5.41) is 9.00. The molecule has 6 heteroatoms. The predicted octanol–water partition coefficient (Wildman–Crippen LogP) is 2.05. The second-order valence-corrected chi connectivity index (χ2v) is 7.77. The zero-order chi connectivity index (χ0) is 15.1. The summed E-state index contributed by atoms with van der Waals surface area (Å²) in [5.74, 6) is 0.640. The topological polar surface area (TPSA) is 70.4 Å². The molecule has 1 aliphatic rings. The summed E-state index contributed by atoms with van der Waals surface area (Å²) >= 11 is 0. The van der Waals surface area contributed by atoms with Crippen molar-refractivity contribution in [2.24, 2.45) is 0 Å². The van der Waals surface area contributed by atoms with E-state index in [2.05, 4.69) is 6.07 Å². The lowest BCUT2D eigenvalue weighted by molar-refractivity contribution is 0.0542. The Labute approximate surface area is 119 Å². The van der Waals surface area contributed by atoms with Crippen molar-refractivity contribution in [3.8, 4) is 11.8 Å². The minimum Gasteiger partial charge on any atom is -0.487 e. The van der Waals surface area contributed by atoms with Gasteiger partial charge in [0.2, 0.25) is 10.0 Å². The molecule has 1 aliphatic heterocycles. The summed E-state index contributed by atoms with van der Waals surface area (Å²) in [7, 11) is -1.76. The van der Waals surface area contributed by atoms with Crippen molar-refractivity contribution in [3.05, 3.63) is 29.3 Å². The van der Waals surface area contributed by atoms with Crippen LogP contribution in [0, 0.1) is 11.3 Å². The molecule has 0 aromatic heterocycles. The fourth-order valence-electron chi connectivity index (χ4n) is 2.44. The third kappa shape index (κ3) is 2.79. The number of nitrogens with zero attached hydrogens (tertiary/aromatic N) is 2. The van der Waals surface area contributed by atoms with E-state index in [-0.39, 0.29) is 6.04 Å². The van der Waals surface area contributed by atoms with Gasteiger partial charge >= 0.3 is 0 Å². The lowest BCUT2D eigenvalue weighted by Gasteiger charge is -2.40. The van der Waals surface area contributed by atoms with Crippen molar-refractivity contribution < 1.29 is 13.2 Å². The Morgan fingerprint density at radius 1 is 1.45 bits per heavy atom. The van der Waals surface area contributed by atoms with Crippen LogP contribution >= 0.6 is 0 Å². The van der Waals surface area contributed by atoms with Gasteiger partial charge in [-0.2, -0.15) is 9.57 Å². The molecule has 1 aromatic rings. The normalized spacial score (nSPS) is 20.9. The van der Waals surface area contributed by atoms with Gasteiger partial charge in [0.1, 0.15) is 11.4 Å². The van der Waals surface area contributed by atoms with Crippen LogP contribution in [-0.4, -0.2) is 31.6 Å². The summed E-state index contributed by atoms with van der Waals surface area (Å²) < 4.78 is 30.9. The van der Waals surface area contributed by atoms with Gasteiger partial charge in [0.15, 0.2) is 0 Å². The average Bonchev–Trinajstić information content (AvgIpc) is 2.34. The molecule has 0 spiro atoms. The first-order chi connectivity index (χ1) is 9.14. The van der Waals surface area contributed by atoms with Gasteiger partial charge in [-0.1, -0.05) is 0 Å². The molecule has 0 radical (unpaired) electrons. The maximum Gasteiger partial charge on any atom is 0.211 e. The smallest absolute Gasteiger partial charge is 0.211 e. The Morgan fingerprint density at radius 2 is 2.10 bits per heavy atom. The van der Waals surface area contributed by atoms with E-state index in [0.29, 0.717) is 17.7 Å². The zero-order valence-electron chi connectivity index (χ0n) is 12.0. The highest BCUT2D eigenvalue weighted by Gasteiger charge is 2.38. The lowest BCUT2D eigenvalue weighted by Crippen LogP contribution is -2.41. The number of nitriles is 1. The van der Waals surface area contributed by atoms with Crippen molar-refractivity contribution in [3.63, 3.8) is 0 Å². The lowest BCUT2D eigenvalue weighted by atomic mass is 9.89. The van der Waals surface area contributed by atoms with Crippen LogP contribution in [0.4, 0.5) is 0 Å². The summed E-state index contributed by atoms with van der Waals surface area (Å²) in [6.07, 6.45) is 1.72. The Morgan fingerprint density at radius 3 is 2.65 bits per heavy atom. The molecule has 0 fully saturated rings. The molecule has 0 aliphatic carbocycles. The highest BCUT2D eigenvalue weighted by atomic mass is 32.2. The van der Waals surface area contributed by atoms with Crippen LogP contribution in [0.3, 0.4) is 0 Å². The van der Waals surface area contributed by atoms with Gasteiger partial charge in [0.05, 0.1) is 23.9 Å². The molecule has 0 saturated carbocycles. The largest absolute Gasteiger partial charge is 0.487 e. The Balaban J connectivity index is 2.56. The number of hydrogen-bond acceptors (Lipinski definition) is 4.